The van der Waals surface area contributed by atoms with Crippen molar-refractivity contribution in [3.8, 4) is 17.0 Å². The van der Waals surface area contributed by atoms with Crippen molar-refractivity contribution >= 4 is 210 Å². The number of benzene rings is 14. The number of rotatable bonds is 20. The van der Waals surface area contributed by atoms with E-state index in [2.05, 4.69) is 429 Å². The van der Waals surface area contributed by atoms with Crippen molar-refractivity contribution in [1.29, 1.82) is 0 Å². The van der Waals surface area contributed by atoms with Crippen LogP contribution >= 0.6 is 102 Å². The average Bonchev–Trinajstić information content (AvgIpc) is 0.845. The summed E-state index contributed by atoms with van der Waals surface area (Å²) in [5.41, 5.74) is 12.5. The number of carbonyl (C=O) groups excluding carboxylic acids is 2. The third-order valence-electron chi connectivity index (χ3n) is 23.5. The molecular weight excluding hydrogens is 2400 g/mol. The normalized spacial score (nSPS) is 13.4. The third kappa shape index (κ3) is 39.6. The molecule has 4 saturated heterocycles. The number of piperazine rings is 2. The van der Waals surface area contributed by atoms with E-state index in [0.29, 0.717) is 74.6 Å². The van der Waals surface area contributed by atoms with Gasteiger partial charge >= 0.3 is 152 Å². The van der Waals surface area contributed by atoms with Crippen molar-refractivity contribution in [2.75, 3.05) is 99.8 Å². The van der Waals surface area contributed by atoms with Crippen molar-refractivity contribution in [3.63, 3.8) is 0 Å². The van der Waals surface area contributed by atoms with E-state index in [1.807, 2.05) is 31.7 Å². The van der Waals surface area contributed by atoms with E-state index in [9.17, 15) is 4.79 Å². The summed E-state index contributed by atoms with van der Waals surface area (Å²) in [4.78, 5) is 43.2. The Labute approximate surface area is 1050 Å². The van der Waals surface area contributed by atoms with Crippen LogP contribution < -0.4 is 238 Å². The monoisotopic (exact) mass is 2510 g/mol. The Morgan fingerprint density at radius 2 is 0.664 bits per heavy atom. The predicted molar refractivity (Wildman–Crippen MR) is 614 cm³/mol. The van der Waals surface area contributed by atoms with Crippen LogP contribution in [0.4, 0.5) is 28.3 Å². The fraction of sp³-hybridized carbons (Fsp3) is 0.193. The molecule has 20 rings (SSSR count). The number of likely N-dealkylation sites (tertiary alicyclic amines) is 1. The van der Waals surface area contributed by atoms with Gasteiger partial charge in [-0.15, -0.1) is 32.8 Å². The van der Waals surface area contributed by atoms with Crippen LogP contribution in [0.3, 0.4) is 0 Å². The van der Waals surface area contributed by atoms with Crippen LogP contribution in [0.2, 0.25) is 25.2 Å². The van der Waals surface area contributed by atoms with Crippen LogP contribution in [0.15, 0.2) is 400 Å². The Morgan fingerprint density at radius 3 is 0.933 bits per heavy atom. The van der Waals surface area contributed by atoms with E-state index >= 15 is 0 Å². The maximum atomic E-state index is 12.2. The molecule has 0 bridgehead atoms. The fourth-order valence-electron chi connectivity index (χ4n) is 16.6. The molecule has 6 N–H and O–H groups in total. The molecule has 4 aliphatic heterocycles. The number of carbonyl (C=O) groups is 2. The quantitative estimate of drug-likeness (QED) is 0.0182. The summed E-state index contributed by atoms with van der Waals surface area (Å²) < 4.78 is 10.1. The first-order valence-electron chi connectivity index (χ1n) is 47.7. The molecular formula is C114H118BCl6Cs2N14O7P4Pd. The second-order valence-electron chi connectivity index (χ2n) is 34.3. The number of anilines is 4. The van der Waals surface area contributed by atoms with E-state index in [4.69, 9.17) is 89.3 Å². The van der Waals surface area contributed by atoms with E-state index in [0.717, 1.165) is 91.4 Å². The number of nitrogens with two attached hydrogens (primary N) is 2. The van der Waals surface area contributed by atoms with Gasteiger partial charge < -0.3 is 57.5 Å². The summed E-state index contributed by atoms with van der Waals surface area (Å²) in [6.45, 7) is 16.4. The van der Waals surface area contributed by atoms with E-state index in [1.165, 1.54) is 76.5 Å². The molecule has 14 aromatic carbocycles. The number of halogens is 6. The molecule has 0 atom stereocenters. The number of ether oxygens (including phenoxy) is 1. The fourth-order valence-corrected chi connectivity index (χ4v) is 26.7. The topological polar surface area (TPSA) is 263 Å². The predicted octanol–water partition coefficient (Wildman–Crippen LogP) is 12.6. The number of nitrogens with zero attached hydrogens (tertiary/aromatic N) is 11. The summed E-state index contributed by atoms with van der Waals surface area (Å²) in [5.74, 6) is 1.95. The third-order valence-corrected chi connectivity index (χ3v) is 35.2. The molecule has 0 spiro atoms. The van der Waals surface area contributed by atoms with Gasteiger partial charge in [-0.25, -0.2) is 4.79 Å². The van der Waals surface area contributed by atoms with Gasteiger partial charge in [0.25, 0.3) is 6.47 Å². The first-order chi connectivity index (χ1) is 70.8. The van der Waals surface area contributed by atoms with Gasteiger partial charge in [0, 0.05) is 104 Å². The van der Waals surface area contributed by atoms with Gasteiger partial charge in [0.05, 0.1) is 20.1 Å². The van der Waals surface area contributed by atoms with Gasteiger partial charge in [-0.1, -0.05) is 440 Å². The largest absolute Gasteiger partial charge is 1.00 e. The summed E-state index contributed by atoms with van der Waals surface area (Å²) >= 11 is 29.5. The average molecular weight is 2520 g/mol. The second-order valence-corrected chi connectivity index (χ2v) is 45.1. The van der Waals surface area contributed by atoms with Crippen LogP contribution in [0, 0.1) is 0 Å². The van der Waals surface area contributed by atoms with Crippen LogP contribution in [-0.4, -0.2) is 167 Å². The molecule has 4 aliphatic rings. The van der Waals surface area contributed by atoms with Gasteiger partial charge in [-0.2, -0.15) is 9.97 Å². The van der Waals surface area contributed by atoms with Gasteiger partial charge in [0.1, 0.15) is 17.0 Å². The molecule has 1 radical (unpaired) electrons. The van der Waals surface area contributed by atoms with Crippen molar-refractivity contribution in [2.24, 2.45) is 0 Å². The van der Waals surface area contributed by atoms with E-state index in [-0.39, 0.29) is 196 Å². The first-order valence-corrected chi connectivity index (χ1v) is 55.0. The maximum Gasteiger partial charge on any atom is 1.00 e. The number of nitrogens with one attached hydrogen (secondary N) is 1. The molecule has 16 aromatic rings. The van der Waals surface area contributed by atoms with E-state index in [1.54, 1.807) is 30.3 Å². The van der Waals surface area contributed by atoms with Gasteiger partial charge in [-0.05, 0) is 173 Å². The molecule has 1 amide bonds. The van der Waals surface area contributed by atoms with E-state index < -0.39 is 37.3 Å². The molecule has 763 valence electrons. The summed E-state index contributed by atoms with van der Waals surface area (Å²) in [5, 5.41) is 55.1. The SMILES string of the molecule is CC(C)(C)OC(=O)N1CCC(N2CCN(c3nnc(Cl)c(N)n3)CC2)CC1.Cl.Nc1nc(N2CCN(C3CCNCC3)CC2)nnc1-c1cccc(Cl)c1Cl.O=CO[O-].O[B]Oc1cccc(Cl)c1Cl.[Cs+].[Cs+].[H-].[Pd].c1ccc(P(c2ccccc2)c2ccccc2)cc1.c1ccc(P(c2ccccc2)c2ccccc2)cc1.c1ccc(P(c2ccccc2)c2ccccc2)cc1.c1ccc(P(c2ccccc2)c2ccccc2)cc1. The molecule has 0 unspecified atom stereocenters. The zero-order chi connectivity index (χ0) is 102. The summed E-state index contributed by atoms with van der Waals surface area (Å²) in [6, 6.07) is 141. The molecule has 2 aromatic heterocycles. The number of amides is 1. The molecule has 0 saturated carbocycles. The van der Waals surface area contributed by atoms with Crippen molar-refractivity contribution in [1.82, 2.24) is 50.4 Å². The number of nitrogen functional groups attached to an aromatic ring is 2. The summed E-state index contributed by atoms with van der Waals surface area (Å²) in [6.07, 6.45) is 4.16. The van der Waals surface area contributed by atoms with Crippen molar-refractivity contribution in [2.45, 2.75) is 64.1 Å². The minimum atomic E-state index is -0.452. The van der Waals surface area contributed by atoms with Gasteiger partial charge in [0.2, 0.25) is 11.9 Å². The van der Waals surface area contributed by atoms with Crippen LogP contribution in [0.1, 0.15) is 47.9 Å². The molecule has 35 heteroatoms. The maximum absolute atomic E-state index is 12.2. The second kappa shape index (κ2) is 68.4. The minimum Gasteiger partial charge on any atom is -1.00 e. The van der Waals surface area contributed by atoms with Crippen LogP contribution in [0.25, 0.3) is 11.3 Å². The first kappa shape index (κ1) is 125. The number of piperidine rings is 2. The zero-order valence-corrected chi connectivity index (χ0v) is 106. The smallest absolute Gasteiger partial charge is 1.00 e. The number of hydrogen-bond donors (Lipinski definition) is 4. The van der Waals surface area contributed by atoms with Crippen LogP contribution in [0.5, 0.6) is 5.75 Å². The van der Waals surface area contributed by atoms with Crippen molar-refractivity contribution in [3.05, 3.63) is 426 Å². The Morgan fingerprint density at radius 1 is 0.396 bits per heavy atom. The Bertz CT molecular complexity index is 5670. The van der Waals surface area contributed by atoms with Gasteiger partial charge in [-0.3, -0.25) is 14.6 Å². The molecule has 149 heavy (non-hydrogen) atoms. The number of aromatic nitrogens is 6. The molecule has 6 heterocycles. The summed E-state index contributed by atoms with van der Waals surface area (Å²) in [7, 11) is -1.23. The standard InChI is InChI=1S/C18H23Cl2N7.4C18H15P.C17H28ClN7O2.C6H4BCl2O2.CH2O3.ClH.2Cs.Pd.H/c19-14-3-1-2-13(15(14)20)16-17(21)23-18(25-24-16)27-10-8-26(9-11-27)12-4-6-22-7-5-12;4*1-4-10-16(11-5-1)19(17-12-6-2-7-13-17)18-14-8-3-9-15-18;1-17(2,3)27-16(26)25-6-4-12(5-7-25)23-8-10-24(11-9-23)15-20-14(19)13(18)21-22-15;8-4-2-1-3-5(6(4)9)11-7-10;2-1-4-3;;;;;/h1-3,12,22H,4-11H2,(H2,21,23,25);4*1-15H;12H,4-11H2,1-3H3,(H2,19,20,22);1-3,10H;1,3H;1H;;;;/q;;;;;;;;;2*+1;;-1/p-1. The minimum absolute atomic E-state index is 0. The molecule has 21 nitrogen and oxygen atoms in total. The van der Waals surface area contributed by atoms with Gasteiger partial charge in [0.15, 0.2) is 16.8 Å². The Balaban J connectivity index is 0.000000213. The zero-order valence-electron chi connectivity index (χ0n) is 84.6. The Kier molecular flexibility index (Phi) is 57.5. The molecule has 4 fully saturated rings. The Hall–Kier alpha value is -7.07. The number of hydrogen-bond acceptors (Lipinski definition) is 20. The van der Waals surface area contributed by atoms with Crippen molar-refractivity contribution < 1.29 is 194 Å². The van der Waals surface area contributed by atoms with Crippen LogP contribution in [-0.2, 0) is 34.8 Å². The molecule has 0 aliphatic carbocycles.